The molecule has 1 N–H and O–H groups in total. The number of hydrogen-bond acceptors (Lipinski definition) is 3. The summed E-state index contributed by atoms with van der Waals surface area (Å²) >= 11 is 6.18. The SMILES string of the molecule is Cc1c(Cl)nc(C2CC2)nc1NCCCCC(C)C. The van der Waals surface area contributed by atoms with Gasteiger partial charge in [0.1, 0.15) is 16.8 Å². The smallest absolute Gasteiger partial charge is 0.137 e. The molecule has 2 rings (SSSR count). The number of halogens is 1. The highest BCUT2D eigenvalue weighted by atomic mass is 35.5. The van der Waals surface area contributed by atoms with Gasteiger partial charge >= 0.3 is 0 Å². The molecule has 1 aliphatic carbocycles. The minimum atomic E-state index is 0.541. The van der Waals surface area contributed by atoms with Crippen LogP contribution >= 0.6 is 11.6 Å². The quantitative estimate of drug-likeness (QED) is 0.588. The van der Waals surface area contributed by atoms with E-state index >= 15 is 0 Å². The average Bonchev–Trinajstić information content (AvgIpc) is 3.17. The van der Waals surface area contributed by atoms with Crippen LogP contribution in [-0.2, 0) is 0 Å². The van der Waals surface area contributed by atoms with Crippen molar-refractivity contribution in [2.24, 2.45) is 5.92 Å². The summed E-state index contributed by atoms with van der Waals surface area (Å²) in [6.07, 6.45) is 6.13. The molecule has 19 heavy (non-hydrogen) atoms. The van der Waals surface area contributed by atoms with E-state index in [1.165, 1.54) is 32.1 Å². The minimum absolute atomic E-state index is 0.541. The largest absolute Gasteiger partial charge is 0.370 e. The molecule has 4 heteroatoms. The number of rotatable bonds is 7. The molecule has 1 aromatic rings. The zero-order valence-corrected chi connectivity index (χ0v) is 12.9. The lowest BCUT2D eigenvalue weighted by molar-refractivity contribution is 0.544. The Kier molecular flexibility index (Phi) is 5.03. The highest BCUT2D eigenvalue weighted by Crippen LogP contribution is 2.39. The van der Waals surface area contributed by atoms with Crippen LogP contribution in [0, 0.1) is 12.8 Å². The summed E-state index contributed by atoms with van der Waals surface area (Å²) in [4.78, 5) is 9.00. The Hall–Kier alpha value is -0.830. The van der Waals surface area contributed by atoms with Crippen molar-refractivity contribution in [3.05, 3.63) is 16.5 Å². The number of anilines is 1. The molecule has 1 aromatic heterocycles. The Morgan fingerprint density at radius 3 is 2.63 bits per heavy atom. The van der Waals surface area contributed by atoms with Crippen molar-refractivity contribution in [3.8, 4) is 0 Å². The third-order valence-electron chi connectivity index (χ3n) is 3.55. The molecule has 0 aromatic carbocycles. The first-order valence-electron chi connectivity index (χ1n) is 7.36. The third-order valence-corrected chi connectivity index (χ3v) is 3.91. The molecule has 1 fully saturated rings. The highest BCUT2D eigenvalue weighted by Gasteiger charge is 2.27. The Morgan fingerprint density at radius 1 is 1.26 bits per heavy atom. The van der Waals surface area contributed by atoms with Crippen molar-refractivity contribution < 1.29 is 0 Å². The van der Waals surface area contributed by atoms with Crippen LogP contribution in [-0.4, -0.2) is 16.5 Å². The van der Waals surface area contributed by atoms with Crippen molar-refractivity contribution in [1.82, 2.24) is 9.97 Å². The van der Waals surface area contributed by atoms with Gasteiger partial charge in [0.05, 0.1) is 0 Å². The Labute approximate surface area is 121 Å². The van der Waals surface area contributed by atoms with Crippen molar-refractivity contribution in [2.45, 2.75) is 58.8 Å². The summed E-state index contributed by atoms with van der Waals surface area (Å²) in [5.41, 5.74) is 0.968. The predicted molar refractivity (Wildman–Crippen MR) is 80.9 cm³/mol. The van der Waals surface area contributed by atoms with Gasteiger partial charge in [-0.25, -0.2) is 9.97 Å². The third kappa shape index (κ3) is 4.34. The maximum atomic E-state index is 6.18. The molecule has 0 bridgehead atoms. The average molecular weight is 282 g/mol. The molecule has 1 heterocycles. The van der Waals surface area contributed by atoms with E-state index in [1.54, 1.807) is 0 Å². The van der Waals surface area contributed by atoms with Gasteiger partial charge in [-0.05, 0) is 32.1 Å². The van der Waals surface area contributed by atoms with Gasteiger partial charge in [0.25, 0.3) is 0 Å². The van der Waals surface area contributed by atoms with E-state index in [4.69, 9.17) is 11.6 Å². The lowest BCUT2D eigenvalue weighted by Gasteiger charge is -2.11. The van der Waals surface area contributed by atoms with Crippen molar-refractivity contribution in [1.29, 1.82) is 0 Å². The van der Waals surface area contributed by atoms with Crippen LogP contribution in [0.25, 0.3) is 0 Å². The van der Waals surface area contributed by atoms with Crippen molar-refractivity contribution in [3.63, 3.8) is 0 Å². The lowest BCUT2D eigenvalue weighted by Crippen LogP contribution is -2.08. The molecule has 106 valence electrons. The van der Waals surface area contributed by atoms with Crippen LogP contribution in [0.3, 0.4) is 0 Å². The summed E-state index contributed by atoms with van der Waals surface area (Å²) in [5, 5.41) is 4.01. The molecule has 1 aliphatic rings. The van der Waals surface area contributed by atoms with Gasteiger partial charge in [0.2, 0.25) is 0 Å². The topological polar surface area (TPSA) is 37.8 Å². The van der Waals surface area contributed by atoms with E-state index < -0.39 is 0 Å². The summed E-state index contributed by atoms with van der Waals surface area (Å²) in [5.74, 6) is 3.17. The van der Waals surface area contributed by atoms with Crippen LogP contribution < -0.4 is 5.32 Å². The molecule has 0 spiro atoms. The van der Waals surface area contributed by atoms with Gasteiger partial charge < -0.3 is 5.32 Å². The summed E-state index contributed by atoms with van der Waals surface area (Å²) < 4.78 is 0. The lowest BCUT2D eigenvalue weighted by atomic mass is 10.1. The van der Waals surface area contributed by atoms with E-state index in [1.807, 2.05) is 6.92 Å². The highest BCUT2D eigenvalue weighted by molar-refractivity contribution is 6.30. The second kappa shape index (κ2) is 6.56. The molecule has 0 aliphatic heterocycles. The molecule has 0 saturated heterocycles. The van der Waals surface area contributed by atoms with E-state index in [0.29, 0.717) is 11.1 Å². The van der Waals surface area contributed by atoms with Crippen molar-refractivity contribution >= 4 is 17.4 Å². The zero-order chi connectivity index (χ0) is 13.8. The normalized spacial score (nSPS) is 15.0. The van der Waals surface area contributed by atoms with E-state index in [0.717, 1.165) is 29.7 Å². The fraction of sp³-hybridized carbons (Fsp3) is 0.733. The molecule has 0 unspecified atom stereocenters. The van der Waals surface area contributed by atoms with Crippen molar-refractivity contribution in [2.75, 3.05) is 11.9 Å². The number of nitrogens with zero attached hydrogens (tertiary/aromatic N) is 2. The molecule has 0 atom stereocenters. The van der Waals surface area contributed by atoms with Gasteiger partial charge in [0.15, 0.2) is 0 Å². The Morgan fingerprint density at radius 2 is 2.00 bits per heavy atom. The second-order valence-electron chi connectivity index (χ2n) is 5.94. The molecular formula is C15H24ClN3. The molecule has 0 radical (unpaired) electrons. The van der Waals surface area contributed by atoms with E-state index in [9.17, 15) is 0 Å². The fourth-order valence-electron chi connectivity index (χ4n) is 2.09. The first-order valence-corrected chi connectivity index (χ1v) is 7.73. The van der Waals surface area contributed by atoms with Crippen LogP contribution in [0.5, 0.6) is 0 Å². The first kappa shape index (κ1) is 14.6. The zero-order valence-electron chi connectivity index (χ0n) is 12.2. The van der Waals surface area contributed by atoms with Crippen LogP contribution in [0.1, 0.15) is 63.3 Å². The Bertz CT molecular complexity index is 428. The predicted octanol–water partition coefficient (Wildman–Crippen LogP) is 4.55. The standard InChI is InChI=1S/C15H24ClN3/c1-10(2)6-4-5-9-17-14-11(3)13(16)18-15(19-14)12-7-8-12/h10,12H,4-9H2,1-3H3,(H,17,18,19). The van der Waals surface area contributed by atoms with Gasteiger partial charge in [-0.15, -0.1) is 0 Å². The van der Waals surface area contributed by atoms with Crippen LogP contribution in [0.15, 0.2) is 0 Å². The molecule has 3 nitrogen and oxygen atoms in total. The van der Waals surface area contributed by atoms with Gasteiger partial charge in [-0.3, -0.25) is 0 Å². The molecule has 1 saturated carbocycles. The summed E-state index contributed by atoms with van der Waals surface area (Å²) in [7, 11) is 0. The molecular weight excluding hydrogens is 258 g/mol. The Balaban J connectivity index is 1.88. The van der Waals surface area contributed by atoms with Crippen LogP contribution in [0.4, 0.5) is 5.82 Å². The monoisotopic (exact) mass is 281 g/mol. The van der Waals surface area contributed by atoms with E-state index in [-0.39, 0.29) is 0 Å². The molecule has 0 amide bonds. The summed E-state index contributed by atoms with van der Waals surface area (Å²) in [6.45, 7) is 7.48. The summed E-state index contributed by atoms with van der Waals surface area (Å²) in [6, 6.07) is 0. The van der Waals surface area contributed by atoms with Gasteiger partial charge in [-0.1, -0.05) is 38.3 Å². The number of hydrogen-bond donors (Lipinski definition) is 1. The number of nitrogens with one attached hydrogen (secondary N) is 1. The van der Waals surface area contributed by atoms with E-state index in [2.05, 4.69) is 29.1 Å². The number of aromatic nitrogens is 2. The fourth-order valence-corrected chi connectivity index (χ4v) is 2.26. The maximum absolute atomic E-state index is 6.18. The first-order chi connectivity index (χ1) is 9.08. The maximum Gasteiger partial charge on any atom is 0.137 e. The second-order valence-corrected chi connectivity index (χ2v) is 6.29. The van der Waals surface area contributed by atoms with Gasteiger partial charge in [0, 0.05) is 18.0 Å². The van der Waals surface area contributed by atoms with Crippen LogP contribution in [0.2, 0.25) is 5.15 Å². The minimum Gasteiger partial charge on any atom is -0.370 e. The number of unbranched alkanes of at least 4 members (excludes halogenated alkanes) is 1. The van der Waals surface area contributed by atoms with Gasteiger partial charge in [-0.2, -0.15) is 0 Å².